The van der Waals surface area contributed by atoms with Gasteiger partial charge in [0.1, 0.15) is 0 Å². The van der Waals surface area contributed by atoms with E-state index in [4.69, 9.17) is 9.47 Å². The molecule has 0 heterocycles. The molecule has 0 aromatic heterocycles. The Hall–Kier alpha value is -1.06. The van der Waals surface area contributed by atoms with E-state index in [1.165, 1.54) is 143 Å². The predicted molar refractivity (Wildman–Crippen MR) is 197 cm³/mol. The van der Waals surface area contributed by atoms with Crippen LogP contribution in [0.1, 0.15) is 182 Å². The Labute approximate surface area is 292 Å². The molecule has 3 fully saturated rings. The van der Waals surface area contributed by atoms with E-state index in [1.54, 1.807) is 0 Å². The van der Waals surface area contributed by atoms with Crippen molar-refractivity contribution in [2.45, 2.75) is 182 Å². The molecule has 0 bridgehead atoms. The summed E-state index contributed by atoms with van der Waals surface area (Å²) in [5, 5.41) is 0. The van der Waals surface area contributed by atoms with Gasteiger partial charge < -0.3 is 9.47 Å². The number of methoxy groups -OCH3 is 2. The average Bonchev–Trinajstić information content (AvgIpc) is 3.84. The maximum absolute atomic E-state index is 11.7. The van der Waals surface area contributed by atoms with Crippen molar-refractivity contribution in [2.24, 2.45) is 65.1 Å². The lowest BCUT2D eigenvalue weighted by atomic mass is 9.82. The first-order valence-electron chi connectivity index (χ1n) is 20.7. The van der Waals surface area contributed by atoms with E-state index < -0.39 is 0 Å². The molecule has 4 heteroatoms. The van der Waals surface area contributed by atoms with Crippen LogP contribution in [0, 0.1) is 65.1 Å². The van der Waals surface area contributed by atoms with Crippen LogP contribution in [0.15, 0.2) is 0 Å². The second kappa shape index (κ2) is 21.9. The first-order valence-corrected chi connectivity index (χ1v) is 20.7. The van der Waals surface area contributed by atoms with E-state index in [9.17, 15) is 9.59 Å². The molecular weight excluding hydrogens is 580 g/mol. The van der Waals surface area contributed by atoms with Crippen molar-refractivity contribution in [3.63, 3.8) is 0 Å². The number of hydrogen-bond acceptors (Lipinski definition) is 4. The summed E-state index contributed by atoms with van der Waals surface area (Å²) >= 11 is 0. The first-order chi connectivity index (χ1) is 22.6. The van der Waals surface area contributed by atoms with Crippen molar-refractivity contribution in [1.29, 1.82) is 0 Å². The molecule has 0 N–H and O–H groups in total. The van der Waals surface area contributed by atoms with Crippen LogP contribution in [0.3, 0.4) is 0 Å². The van der Waals surface area contributed by atoms with Gasteiger partial charge in [-0.2, -0.15) is 0 Å². The highest BCUT2D eigenvalue weighted by atomic mass is 16.5. The first kappa shape index (κ1) is 40.4. The normalized spacial score (nSPS) is 29.3. The zero-order chi connectivity index (χ0) is 34.2. The minimum Gasteiger partial charge on any atom is -0.469 e. The molecule has 0 aromatic rings. The van der Waals surface area contributed by atoms with E-state index in [0.29, 0.717) is 24.7 Å². The fraction of sp³-hybridized carbons (Fsp3) is 0.953. The van der Waals surface area contributed by atoms with Gasteiger partial charge in [0.05, 0.1) is 14.2 Å². The SMILES string of the molecule is CCC(CCC[C@H](C)C1CCC(CCC[C@@H](C)CC(=O)OC)C1)CCC(C)CCC[C@H](C)C1CCC(C2CC[C@H](CC(=O)OC)C2)C1. The van der Waals surface area contributed by atoms with Gasteiger partial charge in [-0.05, 0) is 116 Å². The molecule has 3 aliphatic carbocycles. The zero-order valence-electron chi connectivity index (χ0n) is 32.2. The van der Waals surface area contributed by atoms with E-state index in [2.05, 4.69) is 34.6 Å². The number of hydrogen-bond donors (Lipinski definition) is 0. The number of esters is 2. The van der Waals surface area contributed by atoms with Gasteiger partial charge >= 0.3 is 11.9 Å². The van der Waals surface area contributed by atoms with Gasteiger partial charge in [-0.15, -0.1) is 0 Å². The van der Waals surface area contributed by atoms with Crippen LogP contribution in [-0.4, -0.2) is 26.2 Å². The average molecular weight is 659 g/mol. The topological polar surface area (TPSA) is 52.6 Å². The van der Waals surface area contributed by atoms with Gasteiger partial charge in [-0.25, -0.2) is 0 Å². The van der Waals surface area contributed by atoms with E-state index >= 15 is 0 Å². The van der Waals surface area contributed by atoms with E-state index in [0.717, 1.165) is 59.7 Å². The zero-order valence-corrected chi connectivity index (χ0v) is 32.2. The standard InChI is InChI=1S/C43H78O4/c1-8-35(16-11-15-33(4)38-22-20-36(27-38)17-10-13-32(3)26-42(44)46-6)19-18-31(2)12-9-14-34(5)39-24-25-41(30-39)40-23-21-37(28-40)29-43(45)47-7/h31-41H,8-30H2,1-7H3/t31?,32-,33+,34+,35?,36?,37+,38?,39?,40?,41?/m1/s1. The van der Waals surface area contributed by atoms with Gasteiger partial charge in [0, 0.05) is 12.8 Å². The summed E-state index contributed by atoms with van der Waals surface area (Å²) in [5.41, 5.74) is 0. The summed E-state index contributed by atoms with van der Waals surface area (Å²) in [7, 11) is 3.02. The number of carbonyl (C=O) groups excluding carboxylic acids is 2. The highest BCUT2D eigenvalue weighted by Gasteiger charge is 2.37. The largest absolute Gasteiger partial charge is 0.469 e. The van der Waals surface area contributed by atoms with Gasteiger partial charge in [-0.1, -0.05) is 118 Å². The lowest BCUT2D eigenvalue weighted by molar-refractivity contribution is -0.142. The smallest absolute Gasteiger partial charge is 0.305 e. The van der Waals surface area contributed by atoms with Crippen LogP contribution in [0.25, 0.3) is 0 Å². The van der Waals surface area contributed by atoms with Gasteiger partial charge in [0.15, 0.2) is 0 Å². The van der Waals surface area contributed by atoms with Crippen molar-refractivity contribution in [2.75, 3.05) is 14.2 Å². The van der Waals surface area contributed by atoms with Crippen molar-refractivity contribution in [1.82, 2.24) is 0 Å². The molecule has 11 atom stereocenters. The van der Waals surface area contributed by atoms with Gasteiger partial charge in [0.25, 0.3) is 0 Å². The van der Waals surface area contributed by atoms with Crippen LogP contribution >= 0.6 is 0 Å². The Morgan fingerprint density at radius 3 is 1.89 bits per heavy atom. The molecule has 3 rings (SSSR count). The Morgan fingerprint density at radius 2 is 1.19 bits per heavy atom. The van der Waals surface area contributed by atoms with Crippen LogP contribution in [0.5, 0.6) is 0 Å². The Kier molecular flexibility index (Phi) is 18.8. The molecular formula is C43H78O4. The lowest BCUT2D eigenvalue weighted by Crippen LogP contribution is -2.13. The van der Waals surface area contributed by atoms with E-state index in [1.807, 2.05) is 0 Å². The third kappa shape index (κ3) is 14.8. The maximum Gasteiger partial charge on any atom is 0.305 e. The van der Waals surface area contributed by atoms with Crippen LogP contribution in [0.2, 0.25) is 0 Å². The second-order valence-corrected chi connectivity index (χ2v) is 17.6. The number of carbonyl (C=O) groups is 2. The predicted octanol–water partition coefficient (Wildman–Crippen LogP) is 12.2. The van der Waals surface area contributed by atoms with Crippen LogP contribution < -0.4 is 0 Å². The fourth-order valence-corrected chi connectivity index (χ4v) is 10.4. The Balaban J connectivity index is 1.21. The summed E-state index contributed by atoms with van der Waals surface area (Å²) < 4.78 is 9.76. The van der Waals surface area contributed by atoms with Gasteiger partial charge in [0.2, 0.25) is 0 Å². The number of rotatable bonds is 23. The summed E-state index contributed by atoms with van der Waals surface area (Å²) in [6.45, 7) is 12.2. The number of ether oxygens (including phenoxy) is 2. The second-order valence-electron chi connectivity index (χ2n) is 17.6. The quantitative estimate of drug-likeness (QED) is 0.103. The monoisotopic (exact) mass is 659 g/mol. The molecule has 3 saturated carbocycles. The molecule has 3 aliphatic rings. The van der Waals surface area contributed by atoms with E-state index in [-0.39, 0.29) is 11.9 Å². The van der Waals surface area contributed by atoms with Crippen LogP contribution in [0.4, 0.5) is 0 Å². The Morgan fingerprint density at radius 1 is 0.596 bits per heavy atom. The lowest BCUT2D eigenvalue weighted by Gasteiger charge is -2.23. The molecule has 0 spiro atoms. The van der Waals surface area contributed by atoms with Gasteiger partial charge in [-0.3, -0.25) is 9.59 Å². The molecule has 7 unspecified atom stereocenters. The highest BCUT2D eigenvalue weighted by Crippen LogP contribution is 2.48. The minimum atomic E-state index is -0.0603. The molecule has 0 saturated heterocycles. The highest BCUT2D eigenvalue weighted by molar-refractivity contribution is 5.69. The van der Waals surface area contributed by atoms with Crippen molar-refractivity contribution in [3.05, 3.63) is 0 Å². The summed E-state index contributed by atoms with van der Waals surface area (Å²) in [4.78, 5) is 23.2. The minimum absolute atomic E-state index is 0.0142. The maximum atomic E-state index is 11.7. The molecule has 0 radical (unpaired) electrons. The molecule has 4 nitrogen and oxygen atoms in total. The molecule has 47 heavy (non-hydrogen) atoms. The third-order valence-electron chi connectivity index (χ3n) is 14.0. The molecule has 274 valence electrons. The summed E-state index contributed by atoms with van der Waals surface area (Å²) in [6, 6.07) is 0. The molecule has 0 amide bonds. The van der Waals surface area contributed by atoms with Crippen LogP contribution in [-0.2, 0) is 19.1 Å². The molecule has 0 aliphatic heterocycles. The molecule has 0 aromatic carbocycles. The summed E-state index contributed by atoms with van der Waals surface area (Å²) in [5.74, 6) is 9.07. The van der Waals surface area contributed by atoms with Crippen molar-refractivity contribution < 1.29 is 19.1 Å². The Bertz CT molecular complexity index is 870. The fourth-order valence-electron chi connectivity index (χ4n) is 10.4. The van der Waals surface area contributed by atoms with Crippen molar-refractivity contribution >= 4 is 11.9 Å². The third-order valence-corrected chi connectivity index (χ3v) is 14.0. The van der Waals surface area contributed by atoms with Crippen molar-refractivity contribution in [3.8, 4) is 0 Å². The summed E-state index contributed by atoms with van der Waals surface area (Å²) in [6.07, 6.45) is 30.2.